The lowest BCUT2D eigenvalue weighted by Gasteiger charge is -2.11. The number of ether oxygens (including phenoxy) is 2. The van der Waals surface area contributed by atoms with Crippen molar-refractivity contribution in [2.45, 2.75) is 13.5 Å². The molecule has 1 N–H and O–H groups in total. The zero-order chi connectivity index (χ0) is 15.1. The Morgan fingerprint density at radius 2 is 2.14 bits per heavy atom. The molecule has 21 heavy (non-hydrogen) atoms. The number of carbonyl (C=O) groups is 1. The van der Waals surface area contributed by atoms with Gasteiger partial charge >= 0.3 is 0 Å². The van der Waals surface area contributed by atoms with E-state index in [1.807, 2.05) is 31.2 Å². The van der Waals surface area contributed by atoms with Crippen LogP contribution in [-0.4, -0.2) is 24.6 Å². The van der Waals surface area contributed by atoms with Gasteiger partial charge in [-0.25, -0.2) is 0 Å². The number of hydrogen-bond donors (Lipinski definition) is 1. The molecule has 1 heterocycles. The van der Waals surface area contributed by atoms with Crippen LogP contribution in [0.1, 0.15) is 11.1 Å². The molecule has 1 amide bonds. The Morgan fingerprint density at radius 3 is 2.86 bits per heavy atom. The third-order valence-corrected chi connectivity index (χ3v) is 2.89. The third-order valence-electron chi connectivity index (χ3n) is 2.89. The maximum absolute atomic E-state index is 11.8. The predicted molar refractivity (Wildman–Crippen MR) is 79.3 cm³/mol. The second kappa shape index (κ2) is 7.28. The molecule has 0 fully saturated rings. The minimum absolute atomic E-state index is 0.0559. The van der Waals surface area contributed by atoms with E-state index in [1.54, 1.807) is 25.6 Å². The van der Waals surface area contributed by atoms with Gasteiger partial charge in [0.1, 0.15) is 0 Å². The highest BCUT2D eigenvalue weighted by molar-refractivity contribution is 5.77. The molecule has 0 unspecified atom stereocenters. The van der Waals surface area contributed by atoms with Crippen LogP contribution in [0.2, 0.25) is 0 Å². The molecule has 110 valence electrons. The van der Waals surface area contributed by atoms with Gasteiger partial charge in [-0.3, -0.25) is 9.78 Å². The average Bonchev–Trinajstić information content (AvgIpc) is 2.52. The first-order valence-corrected chi connectivity index (χ1v) is 6.62. The van der Waals surface area contributed by atoms with Crippen LogP contribution < -0.4 is 14.8 Å². The molecule has 0 saturated heterocycles. The molecule has 0 aliphatic heterocycles. The largest absolute Gasteiger partial charge is 0.493 e. The molecule has 0 radical (unpaired) electrons. The fourth-order valence-corrected chi connectivity index (χ4v) is 1.79. The summed E-state index contributed by atoms with van der Waals surface area (Å²) in [6.07, 6.45) is 3.40. The van der Waals surface area contributed by atoms with Gasteiger partial charge in [0.2, 0.25) is 0 Å². The van der Waals surface area contributed by atoms with Crippen molar-refractivity contribution >= 4 is 5.91 Å². The Bertz CT molecular complexity index is 600. The van der Waals surface area contributed by atoms with Crippen molar-refractivity contribution in [3.63, 3.8) is 0 Å². The standard InChI is InChI=1S/C16H18N2O3/c1-12-5-6-14(15(8-12)20-2)21-11-16(19)18-10-13-4-3-7-17-9-13/h3-9H,10-11H2,1-2H3,(H,18,19). The number of aryl methyl sites for hydroxylation is 1. The number of nitrogens with one attached hydrogen (secondary N) is 1. The number of aromatic nitrogens is 1. The number of hydrogen-bond acceptors (Lipinski definition) is 4. The van der Waals surface area contributed by atoms with E-state index in [1.165, 1.54) is 0 Å². The Hall–Kier alpha value is -2.56. The van der Waals surface area contributed by atoms with Gasteiger partial charge in [-0.1, -0.05) is 12.1 Å². The first-order chi connectivity index (χ1) is 10.2. The molecule has 0 atom stereocenters. The average molecular weight is 286 g/mol. The van der Waals surface area contributed by atoms with E-state index in [0.29, 0.717) is 18.0 Å². The number of methoxy groups -OCH3 is 1. The van der Waals surface area contributed by atoms with Gasteiger partial charge in [0.05, 0.1) is 7.11 Å². The van der Waals surface area contributed by atoms with Crippen LogP contribution in [0.4, 0.5) is 0 Å². The molecule has 2 aromatic rings. The summed E-state index contributed by atoms with van der Waals surface area (Å²) in [7, 11) is 1.57. The van der Waals surface area contributed by atoms with E-state index in [-0.39, 0.29) is 12.5 Å². The van der Waals surface area contributed by atoms with E-state index in [4.69, 9.17) is 9.47 Å². The molecule has 0 aliphatic carbocycles. The first kappa shape index (κ1) is 14.8. The summed E-state index contributed by atoms with van der Waals surface area (Å²) in [5, 5.41) is 2.77. The summed E-state index contributed by atoms with van der Waals surface area (Å²) in [6, 6.07) is 9.29. The topological polar surface area (TPSA) is 60.5 Å². The Morgan fingerprint density at radius 1 is 1.29 bits per heavy atom. The van der Waals surface area contributed by atoms with E-state index >= 15 is 0 Å². The second-order valence-corrected chi connectivity index (χ2v) is 4.58. The summed E-state index contributed by atoms with van der Waals surface area (Å²) < 4.78 is 10.7. The summed E-state index contributed by atoms with van der Waals surface area (Å²) >= 11 is 0. The maximum Gasteiger partial charge on any atom is 0.258 e. The molecule has 5 heteroatoms. The van der Waals surface area contributed by atoms with Gasteiger partial charge in [0.25, 0.3) is 5.91 Å². The molecule has 0 bridgehead atoms. The number of nitrogens with zero attached hydrogens (tertiary/aromatic N) is 1. The quantitative estimate of drug-likeness (QED) is 0.883. The van der Waals surface area contributed by atoms with Crippen LogP contribution in [0.3, 0.4) is 0 Å². The summed E-state index contributed by atoms with van der Waals surface area (Å²) in [5.74, 6) is 0.983. The molecule has 0 spiro atoms. The molecular weight excluding hydrogens is 268 g/mol. The van der Waals surface area contributed by atoms with Crippen molar-refractivity contribution in [3.8, 4) is 11.5 Å². The fraction of sp³-hybridized carbons (Fsp3) is 0.250. The van der Waals surface area contributed by atoms with E-state index in [9.17, 15) is 4.79 Å². The van der Waals surface area contributed by atoms with Crippen LogP contribution in [0.15, 0.2) is 42.7 Å². The second-order valence-electron chi connectivity index (χ2n) is 4.58. The molecule has 1 aromatic carbocycles. The van der Waals surface area contributed by atoms with Crippen molar-refractivity contribution in [1.82, 2.24) is 10.3 Å². The lowest BCUT2D eigenvalue weighted by atomic mass is 10.2. The summed E-state index contributed by atoms with van der Waals surface area (Å²) in [4.78, 5) is 15.7. The molecule has 0 aliphatic rings. The zero-order valence-corrected chi connectivity index (χ0v) is 12.1. The SMILES string of the molecule is COc1cc(C)ccc1OCC(=O)NCc1cccnc1. The number of amides is 1. The number of pyridine rings is 1. The van der Waals surface area contributed by atoms with Crippen LogP contribution in [-0.2, 0) is 11.3 Å². The Kier molecular flexibility index (Phi) is 5.15. The minimum atomic E-state index is -0.193. The van der Waals surface area contributed by atoms with Crippen molar-refractivity contribution < 1.29 is 14.3 Å². The van der Waals surface area contributed by atoms with Gasteiger partial charge in [-0.05, 0) is 36.2 Å². The molecule has 0 saturated carbocycles. The highest BCUT2D eigenvalue weighted by Crippen LogP contribution is 2.27. The summed E-state index contributed by atoms with van der Waals surface area (Å²) in [6.45, 7) is 2.34. The van der Waals surface area contributed by atoms with Crippen LogP contribution in [0.25, 0.3) is 0 Å². The summed E-state index contributed by atoms with van der Waals surface area (Å²) in [5.41, 5.74) is 2.01. The first-order valence-electron chi connectivity index (χ1n) is 6.62. The number of benzene rings is 1. The van der Waals surface area contributed by atoms with E-state index in [2.05, 4.69) is 10.3 Å². The fourth-order valence-electron chi connectivity index (χ4n) is 1.79. The van der Waals surface area contributed by atoms with Gasteiger partial charge in [0, 0.05) is 18.9 Å². The Labute approximate surface area is 123 Å². The number of carbonyl (C=O) groups excluding carboxylic acids is 1. The predicted octanol–water partition coefficient (Wildman–Crippen LogP) is 2.09. The molecular formula is C16H18N2O3. The van der Waals surface area contributed by atoms with E-state index < -0.39 is 0 Å². The molecule has 5 nitrogen and oxygen atoms in total. The van der Waals surface area contributed by atoms with Crippen LogP contribution in [0, 0.1) is 6.92 Å². The minimum Gasteiger partial charge on any atom is -0.493 e. The highest BCUT2D eigenvalue weighted by atomic mass is 16.5. The van der Waals surface area contributed by atoms with Crippen molar-refractivity contribution in [2.24, 2.45) is 0 Å². The zero-order valence-electron chi connectivity index (χ0n) is 12.1. The number of rotatable bonds is 6. The van der Waals surface area contributed by atoms with Crippen LogP contribution in [0.5, 0.6) is 11.5 Å². The molecule has 1 aromatic heterocycles. The Balaban J connectivity index is 1.84. The normalized spacial score (nSPS) is 10.0. The smallest absolute Gasteiger partial charge is 0.258 e. The van der Waals surface area contributed by atoms with Crippen molar-refractivity contribution in [2.75, 3.05) is 13.7 Å². The lowest BCUT2D eigenvalue weighted by molar-refractivity contribution is -0.123. The monoisotopic (exact) mass is 286 g/mol. The van der Waals surface area contributed by atoms with Crippen LogP contribution >= 0.6 is 0 Å². The highest BCUT2D eigenvalue weighted by Gasteiger charge is 2.07. The van der Waals surface area contributed by atoms with Crippen molar-refractivity contribution in [3.05, 3.63) is 53.9 Å². The lowest BCUT2D eigenvalue weighted by Crippen LogP contribution is -2.28. The van der Waals surface area contributed by atoms with Gasteiger partial charge in [0.15, 0.2) is 18.1 Å². The molecule has 2 rings (SSSR count). The van der Waals surface area contributed by atoms with Gasteiger partial charge in [-0.2, -0.15) is 0 Å². The van der Waals surface area contributed by atoms with Gasteiger partial charge < -0.3 is 14.8 Å². The van der Waals surface area contributed by atoms with Gasteiger partial charge in [-0.15, -0.1) is 0 Å². The van der Waals surface area contributed by atoms with E-state index in [0.717, 1.165) is 11.1 Å². The maximum atomic E-state index is 11.8. The van der Waals surface area contributed by atoms with Crippen molar-refractivity contribution in [1.29, 1.82) is 0 Å². The third kappa shape index (κ3) is 4.49.